The molecule has 4 rings (SSSR count). The first-order chi connectivity index (χ1) is 13.0. The van der Waals surface area contributed by atoms with Crippen molar-refractivity contribution < 1.29 is 13.5 Å². The lowest BCUT2D eigenvalue weighted by Crippen LogP contribution is -2.01. The Hall–Kier alpha value is -3.75. The second-order valence-electron chi connectivity index (χ2n) is 5.80. The van der Waals surface area contributed by atoms with Crippen molar-refractivity contribution in [2.45, 2.75) is 6.92 Å². The predicted molar refractivity (Wildman–Crippen MR) is 97.0 cm³/mol. The van der Waals surface area contributed by atoms with E-state index in [1.54, 1.807) is 12.3 Å². The highest BCUT2D eigenvalue weighted by atomic mass is 19.1. The number of rotatable bonds is 4. The number of anilines is 3. The Balaban J connectivity index is 1.67. The molecular formula is C18H14F2N6O. The summed E-state index contributed by atoms with van der Waals surface area (Å²) in [5.74, 6) is -1.56. The molecule has 0 aliphatic rings. The number of nitrogen functional groups attached to an aromatic ring is 1. The summed E-state index contributed by atoms with van der Waals surface area (Å²) >= 11 is 0. The van der Waals surface area contributed by atoms with E-state index in [1.807, 2.05) is 6.92 Å². The van der Waals surface area contributed by atoms with Crippen molar-refractivity contribution in [1.82, 2.24) is 19.9 Å². The number of hydrogen-bond acceptors (Lipinski definition) is 6. The Labute approximate surface area is 152 Å². The number of H-pyrrole nitrogens is 1. The van der Waals surface area contributed by atoms with Crippen molar-refractivity contribution in [3.63, 3.8) is 0 Å². The zero-order chi connectivity index (χ0) is 19.0. The van der Waals surface area contributed by atoms with Gasteiger partial charge in [-0.3, -0.25) is 0 Å². The van der Waals surface area contributed by atoms with Crippen LogP contribution >= 0.6 is 0 Å². The van der Waals surface area contributed by atoms with Crippen LogP contribution in [0.3, 0.4) is 0 Å². The minimum absolute atomic E-state index is 0.0458. The standard InChI is InChI=1S/C18H14F2N6O/c1-9-8-24-17-15(9)13(2-4-22-17)27-16-11(19)6-10(7-12(16)20)25-14-3-5-23-18(21)26-14/h2-8H,1H3,(H,22,24)(H3,21,23,25,26). The van der Waals surface area contributed by atoms with Crippen molar-refractivity contribution in [3.05, 3.63) is 60.1 Å². The number of aryl methyl sites for hydroxylation is 1. The topological polar surface area (TPSA) is 102 Å². The van der Waals surface area contributed by atoms with Crippen LogP contribution in [0, 0.1) is 18.6 Å². The Morgan fingerprint density at radius 3 is 2.59 bits per heavy atom. The normalized spacial score (nSPS) is 10.9. The first kappa shape index (κ1) is 16.7. The molecule has 3 aromatic heterocycles. The predicted octanol–water partition coefficient (Wildman–Crippen LogP) is 4.06. The third-order valence-corrected chi connectivity index (χ3v) is 3.89. The number of halogens is 2. The second-order valence-corrected chi connectivity index (χ2v) is 5.80. The minimum atomic E-state index is -0.863. The third kappa shape index (κ3) is 3.22. The highest BCUT2D eigenvalue weighted by Gasteiger charge is 2.17. The number of nitrogens with two attached hydrogens (primary N) is 1. The molecule has 0 saturated heterocycles. The quantitative estimate of drug-likeness (QED) is 0.502. The van der Waals surface area contributed by atoms with Gasteiger partial charge in [0.05, 0.1) is 5.39 Å². The zero-order valence-corrected chi connectivity index (χ0v) is 14.1. The van der Waals surface area contributed by atoms with Gasteiger partial charge in [-0.25, -0.2) is 18.7 Å². The summed E-state index contributed by atoms with van der Waals surface area (Å²) < 4.78 is 34.6. The van der Waals surface area contributed by atoms with Crippen molar-refractivity contribution in [1.29, 1.82) is 0 Å². The molecule has 7 nitrogen and oxygen atoms in total. The summed E-state index contributed by atoms with van der Waals surface area (Å²) in [7, 11) is 0. The monoisotopic (exact) mass is 368 g/mol. The molecule has 1 aromatic carbocycles. The highest BCUT2D eigenvalue weighted by molar-refractivity contribution is 5.86. The first-order valence-electron chi connectivity index (χ1n) is 7.96. The second kappa shape index (κ2) is 6.52. The van der Waals surface area contributed by atoms with E-state index in [-0.39, 0.29) is 11.6 Å². The molecule has 0 atom stereocenters. The molecule has 0 saturated carbocycles. The number of nitrogens with zero attached hydrogens (tertiary/aromatic N) is 3. The lowest BCUT2D eigenvalue weighted by molar-refractivity contribution is 0.411. The number of nitrogens with one attached hydrogen (secondary N) is 2. The lowest BCUT2D eigenvalue weighted by Gasteiger charge is -2.12. The summed E-state index contributed by atoms with van der Waals surface area (Å²) in [6.45, 7) is 1.85. The van der Waals surface area contributed by atoms with Crippen molar-refractivity contribution in [2.75, 3.05) is 11.1 Å². The van der Waals surface area contributed by atoms with E-state index in [9.17, 15) is 8.78 Å². The fourth-order valence-electron chi connectivity index (χ4n) is 2.70. The molecule has 27 heavy (non-hydrogen) atoms. The largest absolute Gasteiger partial charge is 0.450 e. The summed E-state index contributed by atoms with van der Waals surface area (Å²) in [6, 6.07) is 5.30. The van der Waals surface area contributed by atoms with Gasteiger partial charge in [0.15, 0.2) is 17.4 Å². The van der Waals surface area contributed by atoms with Crippen LogP contribution in [-0.2, 0) is 0 Å². The summed E-state index contributed by atoms with van der Waals surface area (Å²) in [4.78, 5) is 14.8. The average Bonchev–Trinajstić information content (AvgIpc) is 3.00. The van der Waals surface area contributed by atoms with Gasteiger partial charge in [-0.1, -0.05) is 0 Å². The van der Waals surface area contributed by atoms with E-state index < -0.39 is 17.4 Å². The van der Waals surface area contributed by atoms with E-state index >= 15 is 0 Å². The highest BCUT2D eigenvalue weighted by Crippen LogP contribution is 2.35. The van der Waals surface area contributed by atoms with Crippen molar-refractivity contribution in [2.24, 2.45) is 0 Å². The molecule has 0 aliphatic carbocycles. The van der Waals surface area contributed by atoms with Gasteiger partial charge < -0.3 is 20.8 Å². The van der Waals surface area contributed by atoms with E-state index in [0.29, 0.717) is 22.6 Å². The number of pyridine rings is 1. The molecule has 0 aliphatic heterocycles. The maximum absolute atomic E-state index is 14.5. The number of aromatic amines is 1. The Kier molecular flexibility index (Phi) is 4.03. The number of aromatic nitrogens is 4. The van der Waals surface area contributed by atoms with Gasteiger partial charge in [0, 0.05) is 36.4 Å². The number of hydrogen-bond donors (Lipinski definition) is 3. The molecule has 0 amide bonds. The van der Waals surface area contributed by atoms with Gasteiger partial charge in [-0.15, -0.1) is 0 Å². The number of fused-ring (bicyclic) bond motifs is 1. The van der Waals surface area contributed by atoms with Crippen LogP contribution < -0.4 is 15.8 Å². The van der Waals surface area contributed by atoms with Crippen LogP contribution in [0.15, 0.2) is 42.9 Å². The van der Waals surface area contributed by atoms with Crippen LogP contribution in [-0.4, -0.2) is 19.9 Å². The van der Waals surface area contributed by atoms with Gasteiger partial charge in [0.25, 0.3) is 0 Å². The van der Waals surface area contributed by atoms with E-state index in [2.05, 4.69) is 25.3 Å². The Bertz CT molecular complexity index is 1120. The first-order valence-corrected chi connectivity index (χ1v) is 7.96. The van der Waals surface area contributed by atoms with Crippen LogP contribution in [0.2, 0.25) is 0 Å². The molecule has 0 fully saturated rings. The molecule has 0 spiro atoms. The summed E-state index contributed by atoms with van der Waals surface area (Å²) in [5.41, 5.74) is 7.08. The number of benzene rings is 1. The van der Waals surface area contributed by atoms with Gasteiger partial charge >= 0.3 is 0 Å². The SMILES string of the molecule is Cc1c[nH]c2nccc(Oc3c(F)cc(Nc4ccnc(N)n4)cc3F)c12. The third-order valence-electron chi connectivity index (χ3n) is 3.89. The lowest BCUT2D eigenvalue weighted by atomic mass is 10.2. The van der Waals surface area contributed by atoms with Crippen LogP contribution in [0.4, 0.5) is 26.2 Å². The van der Waals surface area contributed by atoms with E-state index in [0.717, 1.165) is 17.7 Å². The molecule has 0 bridgehead atoms. The van der Waals surface area contributed by atoms with Crippen LogP contribution in [0.25, 0.3) is 11.0 Å². The van der Waals surface area contributed by atoms with Crippen molar-refractivity contribution in [3.8, 4) is 11.5 Å². The molecule has 3 heterocycles. The Morgan fingerprint density at radius 2 is 1.85 bits per heavy atom. The molecule has 0 unspecified atom stereocenters. The van der Waals surface area contributed by atoms with Gasteiger partial charge in [0.1, 0.15) is 17.2 Å². The number of ether oxygens (including phenoxy) is 1. The fraction of sp³-hybridized carbons (Fsp3) is 0.0556. The molecular weight excluding hydrogens is 354 g/mol. The summed E-state index contributed by atoms with van der Waals surface area (Å²) in [6.07, 6.45) is 4.68. The molecule has 0 radical (unpaired) electrons. The molecule has 4 aromatic rings. The molecule has 9 heteroatoms. The smallest absolute Gasteiger partial charge is 0.221 e. The van der Waals surface area contributed by atoms with Gasteiger partial charge in [0.2, 0.25) is 5.95 Å². The molecule has 136 valence electrons. The maximum atomic E-state index is 14.5. The van der Waals surface area contributed by atoms with E-state index in [4.69, 9.17) is 10.5 Å². The average molecular weight is 368 g/mol. The Morgan fingerprint density at radius 1 is 1.11 bits per heavy atom. The fourth-order valence-corrected chi connectivity index (χ4v) is 2.70. The summed E-state index contributed by atoms with van der Waals surface area (Å²) in [5, 5.41) is 3.43. The maximum Gasteiger partial charge on any atom is 0.221 e. The minimum Gasteiger partial charge on any atom is -0.450 e. The van der Waals surface area contributed by atoms with E-state index in [1.165, 1.54) is 18.5 Å². The van der Waals surface area contributed by atoms with Gasteiger partial charge in [-0.2, -0.15) is 4.98 Å². The van der Waals surface area contributed by atoms with Crippen molar-refractivity contribution >= 4 is 28.5 Å². The van der Waals surface area contributed by atoms with Crippen LogP contribution in [0.5, 0.6) is 11.5 Å². The molecule has 4 N–H and O–H groups in total. The van der Waals surface area contributed by atoms with Gasteiger partial charge in [-0.05, 0) is 24.6 Å². The van der Waals surface area contributed by atoms with Crippen LogP contribution in [0.1, 0.15) is 5.56 Å². The zero-order valence-electron chi connectivity index (χ0n) is 14.1.